The molecule has 2 aromatic rings. The summed E-state index contributed by atoms with van der Waals surface area (Å²) in [7, 11) is 0. The molecule has 0 fully saturated rings. The van der Waals surface area contributed by atoms with E-state index in [9.17, 15) is 22.8 Å². The van der Waals surface area contributed by atoms with Crippen LogP contribution in [0.5, 0.6) is 0 Å². The summed E-state index contributed by atoms with van der Waals surface area (Å²) in [5.41, 5.74) is -3.62. The fourth-order valence-electron chi connectivity index (χ4n) is 2.21. The second-order valence-electron chi connectivity index (χ2n) is 5.42. The third-order valence-electron chi connectivity index (χ3n) is 3.52. The van der Waals surface area contributed by atoms with Crippen LogP contribution in [0.2, 0.25) is 5.02 Å². The number of carbonyl (C=O) groups is 2. The number of benzene rings is 2. The van der Waals surface area contributed by atoms with Crippen LogP contribution in [0.15, 0.2) is 54.6 Å². The summed E-state index contributed by atoms with van der Waals surface area (Å²) in [6, 6.07) is 12.4. The predicted octanol–water partition coefficient (Wildman–Crippen LogP) is 4.00. The summed E-state index contributed by atoms with van der Waals surface area (Å²) >= 11 is 5.74. The van der Waals surface area contributed by atoms with Crippen LogP contribution in [0.25, 0.3) is 0 Å². The predicted molar refractivity (Wildman–Crippen MR) is 94.4 cm³/mol. The van der Waals surface area contributed by atoms with Gasteiger partial charge in [-0.3, -0.25) is 4.79 Å². The van der Waals surface area contributed by atoms with Gasteiger partial charge in [-0.05, 0) is 43.3 Å². The van der Waals surface area contributed by atoms with E-state index in [4.69, 9.17) is 11.6 Å². The Balaban J connectivity index is 2.48. The van der Waals surface area contributed by atoms with Crippen LogP contribution in [-0.4, -0.2) is 30.3 Å². The standard InChI is InChI=1S/C18H16ClF3N2O3/c1-2-27-16(26)17(18(20,21)22,23-14-10-8-13(19)9-11-14)24-15(25)12-6-4-3-5-7-12/h3-11,23H,2H2,1H3,(H,24,25)/t17-/m1/s1. The Kier molecular flexibility index (Phi) is 6.32. The molecular formula is C18H16ClF3N2O3. The number of esters is 1. The Morgan fingerprint density at radius 2 is 1.63 bits per heavy atom. The van der Waals surface area contributed by atoms with Crippen LogP contribution < -0.4 is 10.6 Å². The number of hydrogen-bond donors (Lipinski definition) is 2. The minimum absolute atomic E-state index is 0.0478. The summed E-state index contributed by atoms with van der Waals surface area (Å²) in [5.74, 6) is -2.78. The molecule has 0 radical (unpaired) electrons. The van der Waals surface area contributed by atoms with Crippen molar-refractivity contribution in [3.63, 3.8) is 0 Å². The molecule has 2 rings (SSSR count). The number of carbonyl (C=O) groups excluding carboxylic acids is 2. The van der Waals surface area contributed by atoms with Gasteiger partial charge in [0.1, 0.15) is 0 Å². The number of hydrogen-bond acceptors (Lipinski definition) is 4. The first-order valence-electron chi connectivity index (χ1n) is 7.85. The van der Waals surface area contributed by atoms with Gasteiger partial charge >= 0.3 is 17.8 Å². The van der Waals surface area contributed by atoms with E-state index in [0.717, 1.165) is 0 Å². The maximum atomic E-state index is 14.0. The molecule has 144 valence electrons. The topological polar surface area (TPSA) is 67.4 Å². The highest BCUT2D eigenvalue weighted by atomic mass is 35.5. The van der Waals surface area contributed by atoms with Crippen molar-refractivity contribution in [2.45, 2.75) is 18.8 Å². The summed E-state index contributed by atoms with van der Waals surface area (Å²) in [5, 5.41) is 4.10. The van der Waals surface area contributed by atoms with Crippen LogP contribution in [0.3, 0.4) is 0 Å². The zero-order valence-electron chi connectivity index (χ0n) is 14.1. The van der Waals surface area contributed by atoms with E-state index < -0.39 is 23.7 Å². The van der Waals surface area contributed by atoms with Crippen LogP contribution in [0, 0.1) is 0 Å². The monoisotopic (exact) mass is 400 g/mol. The lowest BCUT2D eigenvalue weighted by atomic mass is 10.1. The van der Waals surface area contributed by atoms with Crippen molar-refractivity contribution in [3.8, 4) is 0 Å². The second-order valence-corrected chi connectivity index (χ2v) is 5.86. The van der Waals surface area contributed by atoms with Gasteiger partial charge in [-0.2, -0.15) is 13.2 Å². The number of rotatable bonds is 6. The fraction of sp³-hybridized carbons (Fsp3) is 0.222. The minimum atomic E-state index is -5.21. The minimum Gasteiger partial charge on any atom is -0.463 e. The Morgan fingerprint density at radius 3 is 2.15 bits per heavy atom. The van der Waals surface area contributed by atoms with Gasteiger partial charge in [-0.1, -0.05) is 29.8 Å². The molecule has 0 aliphatic rings. The zero-order valence-corrected chi connectivity index (χ0v) is 14.9. The summed E-state index contributed by atoms with van der Waals surface area (Å²) in [6.07, 6.45) is -5.21. The van der Waals surface area contributed by atoms with Crippen molar-refractivity contribution in [2.75, 3.05) is 11.9 Å². The highest BCUT2D eigenvalue weighted by Crippen LogP contribution is 2.33. The highest BCUT2D eigenvalue weighted by Gasteiger charge is 2.63. The number of halogens is 4. The lowest BCUT2D eigenvalue weighted by Gasteiger charge is -2.35. The first-order chi connectivity index (χ1) is 12.7. The number of nitrogens with one attached hydrogen (secondary N) is 2. The smallest absolute Gasteiger partial charge is 0.441 e. The number of anilines is 1. The summed E-state index contributed by atoms with van der Waals surface area (Å²) in [6.45, 7) is 1.06. The van der Waals surface area contributed by atoms with Crippen LogP contribution >= 0.6 is 11.6 Å². The summed E-state index contributed by atoms with van der Waals surface area (Å²) in [4.78, 5) is 24.7. The molecule has 5 nitrogen and oxygen atoms in total. The van der Waals surface area contributed by atoms with Gasteiger partial charge in [-0.15, -0.1) is 0 Å². The Labute approximate surface area is 158 Å². The molecule has 0 aromatic heterocycles. The largest absolute Gasteiger partial charge is 0.463 e. The molecule has 9 heteroatoms. The quantitative estimate of drug-likeness (QED) is 0.568. The van der Waals surface area contributed by atoms with Gasteiger partial charge in [-0.25, -0.2) is 4.79 Å². The lowest BCUT2D eigenvalue weighted by molar-refractivity contribution is -0.204. The van der Waals surface area contributed by atoms with Crippen molar-refractivity contribution < 1.29 is 27.5 Å². The average Bonchev–Trinajstić information content (AvgIpc) is 2.62. The van der Waals surface area contributed by atoms with Crippen molar-refractivity contribution in [1.82, 2.24) is 5.32 Å². The molecule has 2 aromatic carbocycles. The maximum Gasteiger partial charge on any atom is 0.441 e. The van der Waals surface area contributed by atoms with E-state index >= 15 is 0 Å². The van der Waals surface area contributed by atoms with Gasteiger partial charge in [0.25, 0.3) is 5.91 Å². The normalized spacial score (nSPS) is 13.4. The Hall–Kier alpha value is -2.74. The van der Waals surface area contributed by atoms with Crippen LogP contribution in [-0.2, 0) is 9.53 Å². The fourth-order valence-corrected chi connectivity index (χ4v) is 2.34. The zero-order chi connectivity index (χ0) is 20.1. The van der Waals surface area contributed by atoms with Gasteiger partial charge in [0.2, 0.25) is 0 Å². The van der Waals surface area contributed by atoms with Crippen LogP contribution in [0.1, 0.15) is 17.3 Å². The van der Waals surface area contributed by atoms with E-state index in [2.05, 4.69) is 10.1 Å². The molecule has 2 N–H and O–H groups in total. The van der Waals surface area contributed by atoms with Gasteiger partial charge in [0.15, 0.2) is 0 Å². The van der Waals surface area contributed by atoms with Crippen molar-refractivity contribution in [2.24, 2.45) is 0 Å². The van der Waals surface area contributed by atoms with E-state index in [1.807, 2.05) is 0 Å². The SMILES string of the molecule is CCOC(=O)[C@](NC(=O)c1ccccc1)(Nc1ccc(Cl)cc1)C(F)(F)F. The highest BCUT2D eigenvalue weighted by molar-refractivity contribution is 6.30. The van der Waals surface area contributed by atoms with E-state index in [-0.39, 0.29) is 17.9 Å². The van der Waals surface area contributed by atoms with E-state index in [1.165, 1.54) is 55.5 Å². The lowest BCUT2D eigenvalue weighted by Crippen LogP contribution is -2.69. The molecule has 0 saturated carbocycles. The molecule has 0 bridgehead atoms. The number of amides is 1. The Bertz CT molecular complexity index is 798. The molecule has 0 aliphatic heterocycles. The molecule has 1 atom stereocenters. The Morgan fingerprint density at radius 1 is 1.04 bits per heavy atom. The van der Waals surface area contributed by atoms with E-state index in [1.54, 1.807) is 11.4 Å². The van der Waals surface area contributed by atoms with Crippen molar-refractivity contribution >= 4 is 29.2 Å². The van der Waals surface area contributed by atoms with Crippen molar-refractivity contribution in [3.05, 3.63) is 65.2 Å². The third-order valence-corrected chi connectivity index (χ3v) is 3.77. The molecule has 1 amide bonds. The van der Waals surface area contributed by atoms with Crippen molar-refractivity contribution in [1.29, 1.82) is 0 Å². The summed E-state index contributed by atoms with van der Waals surface area (Å²) < 4.78 is 46.6. The van der Waals surface area contributed by atoms with Gasteiger partial charge in [0.05, 0.1) is 6.61 Å². The molecular weight excluding hydrogens is 385 g/mol. The van der Waals surface area contributed by atoms with Gasteiger partial charge < -0.3 is 15.4 Å². The van der Waals surface area contributed by atoms with E-state index in [0.29, 0.717) is 5.02 Å². The van der Waals surface area contributed by atoms with Gasteiger partial charge in [0, 0.05) is 16.3 Å². The molecule has 0 saturated heterocycles. The number of alkyl halides is 3. The first kappa shape index (κ1) is 20.6. The first-order valence-corrected chi connectivity index (χ1v) is 8.22. The van der Waals surface area contributed by atoms with Crippen LogP contribution in [0.4, 0.5) is 18.9 Å². The maximum absolute atomic E-state index is 14.0. The number of ether oxygens (including phenoxy) is 1. The molecule has 0 heterocycles. The third kappa shape index (κ3) is 4.71. The second kappa shape index (κ2) is 8.30. The molecule has 0 aliphatic carbocycles. The molecule has 27 heavy (non-hydrogen) atoms. The average molecular weight is 401 g/mol. The molecule has 0 unspecified atom stereocenters. The molecule has 0 spiro atoms.